The summed E-state index contributed by atoms with van der Waals surface area (Å²) in [6.45, 7) is 13.8. The van der Waals surface area contributed by atoms with Gasteiger partial charge in [0.05, 0.1) is 18.1 Å². The van der Waals surface area contributed by atoms with Crippen molar-refractivity contribution in [2.45, 2.75) is 72.8 Å². The molecule has 2 heterocycles. The van der Waals surface area contributed by atoms with Crippen molar-refractivity contribution in [1.29, 1.82) is 0 Å². The van der Waals surface area contributed by atoms with Crippen LogP contribution in [0.5, 0.6) is 0 Å². The van der Waals surface area contributed by atoms with Crippen LogP contribution in [0.1, 0.15) is 66.7 Å². The number of carbonyl (C=O) groups excluding carboxylic acids is 1. The smallest absolute Gasteiger partial charge is 0.337 e. The molecule has 2 aromatic rings. The molecule has 0 aliphatic carbocycles. The average molecular weight is 466 g/mol. The molecule has 0 bridgehead atoms. The Morgan fingerprint density at radius 2 is 1.68 bits per heavy atom. The van der Waals surface area contributed by atoms with Gasteiger partial charge in [-0.3, -0.25) is 4.79 Å². The van der Waals surface area contributed by atoms with Crippen LogP contribution in [0.3, 0.4) is 0 Å². The Labute approximate surface area is 201 Å². The highest BCUT2D eigenvalue weighted by molar-refractivity contribution is 5.85. The third kappa shape index (κ3) is 4.62. The van der Waals surface area contributed by atoms with Gasteiger partial charge in [-0.05, 0) is 81.3 Å². The fraction of sp³-hybridized carbons (Fsp3) is 0.500. The molecule has 1 saturated heterocycles. The Kier molecular flexibility index (Phi) is 6.58. The van der Waals surface area contributed by atoms with Gasteiger partial charge < -0.3 is 19.5 Å². The Morgan fingerprint density at radius 3 is 2.21 bits per heavy atom. The zero-order valence-corrected chi connectivity index (χ0v) is 21.0. The van der Waals surface area contributed by atoms with Gasteiger partial charge in [0.15, 0.2) is 6.10 Å². The molecule has 2 atom stereocenters. The number of nitrogens with zero attached hydrogens (tertiary/aromatic N) is 1. The van der Waals surface area contributed by atoms with Crippen LogP contribution in [-0.4, -0.2) is 40.7 Å². The maximum atomic E-state index is 13.2. The monoisotopic (exact) mass is 465 g/mol. The highest BCUT2D eigenvalue weighted by Gasteiger charge is 2.38. The maximum Gasteiger partial charge on any atom is 0.337 e. The van der Waals surface area contributed by atoms with Crippen LogP contribution in [0.15, 0.2) is 24.3 Å². The third-order valence-corrected chi connectivity index (χ3v) is 6.90. The highest BCUT2D eigenvalue weighted by Crippen LogP contribution is 2.44. The third-order valence-electron chi connectivity index (χ3n) is 6.90. The number of carboxylic acid groups (broad SMARTS) is 1. The van der Waals surface area contributed by atoms with Crippen molar-refractivity contribution in [3.8, 4) is 11.1 Å². The Bertz CT molecular complexity index is 1110. The predicted octanol–water partition coefficient (Wildman–Crippen LogP) is 5.10. The van der Waals surface area contributed by atoms with Gasteiger partial charge in [0.2, 0.25) is 5.91 Å². The predicted molar refractivity (Wildman–Crippen MR) is 130 cm³/mol. The molecule has 182 valence electrons. The molecule has 6 nitrogen and oxygen atoms in total. The van der Waals surface area contributed by atoms with E-state index >= 15 is 0 Å². The molecule has 1 unspecified atom stereocenters. The number of hydrogen-bond donors (Lipinski definition) is 1. The van der Waals surface area contributed by atoms with E-state index in [-0.39, 0.29) is 11.8 Å². The molecule has 34 heavy (non-hydrogen) atoms. The van der Waals surface area contributed by atoms with E-state index in [1.54, 1.807) is 0 Å². The second-order valence-corrected chi connectivity index (χ2v) is 10.6. The zero-order valence-electron chi connectivity index (χ0n) is 21.0. The van der Waals surface area contributed by atoms with E-state index in [0.29, 0.717) is 31.9 Å². The number of carboxylic acids is 1. The standard InChI is InChI=1S/C28H35NO5/c1-16-7-9-19(10-8-16)23-17(2)21-13-29(26(30)20-11-12-33-15-20)14-22(21)18(3)24(23)25(27(31)32)34-28(4,5)6/h7-10,20,25H,11-15H2,1-6H3,(H,31,32)/t20?,25-/m0/s1. The molecule has 1 fully saturated rings. The van der Waals surface area contributed by atoms with Crippen LogP contribution >= 0.6 is 0 Å². The lowest BCUT2D eigenvalue weighted by Crippen LogP contribution is -2.32. The summed E-state index contributed by atoms with van der Waals surface area (Å²) in [7, 11) is 0. The van der Waals surface area contributed by atoms with Crippen LogP contribution < -0.4 is 0 Å². The van der Waals surface area contributed by atoms with Crippen LogP contribution in [-0.2, 0) is 32.2 Å². The summed E-state index contributed by atoms with van der Waals surface area (Å²) in [6.07, 6.45) is -0.363. The number of ether oxygens (including phenoxy) is 2. The second kappa shape index (κ2) is 9.16. The molecule has 1 amide bonds. The lowest BCUT2D eigenvalue weighted by atomic mass is 9.83. The molecular weight excluding hydrogens is 430 g/mol. The van der Waals surface area contributed by atoms with Gasteiger partial charge in [0.1, 0.15) is 0 Å². The topological polar surface area (TPSA) is 76.1 Å². The van der Waals surface area contributed by atoms with E-state index in [1.165, 1.54) is 0 Å². The molecular formula is C28H35NO5. The molecule has 0 aromatic heterocycles. The quantitative estimate of drug-likeness (QED) is 0.665. The lowest BCUT2D eigenvalue weighted by Gasteiger charge is -2.29. The van der Waals surface area contributed by atoms with E-state index in [0.717, 1.165) is 45.4 Å². The Morgan fingerprint density at radius 1 is 1.06 bits per heavy atom. The molecule has 2 aromatic carbocycles. The molecule has 6 heteroatoms. The summed E-state index contributed by atoms with van der Waals surface area (Å²) in [6, 6.07) is 8.16. The van der Waals surface area contributed by atoms with Crippen molar-refractivity contribution in [3.05, 3.63) is 57.6 Å². The first kappa shape index (κ1) is 24.4. The van der Waals surface area contributed by atoms with Crippen molar-refractivity contribution in [2.24, 2.45) is 5.92 Å². The van der Waals surface area contributed by atoms with E-state index in [4.69, 9.17) is 9.47 Å². The molecule has 0 radical (unpaired) electrons. The Hall–Kier alpha value is -2.70. The fourth-order valence-corrected chi connectivity index (χ4v) is 5.17. The number of aryl methyl sites for hydroxylation is 1. The molecule has 1 N–H and O–H groups in total. The lowest BCUT2D eigenvalue weighted by molar-refractivity contribution is -0.160. The van der Waals surface area contributed by atoms with Gasteiger partial charge in [0.25, 0.3) is 0 Å². The molecule has 2 aliphatic rings. The van der Waals surface area contributed by atoms with Crippen LogP contribution in [0.2, 0.25) is 0 Å². The minimum absolute atomic E-state index is 0.0954. The normalized spacial score (nSPS) is 18.8. The SMILES string of the molecule is Cc1ccc(-c2c(C)c3c(c(C)c2[C@H](OC(C)(C)C)C(=O)O)CN(C(=O)C2CCOC2)C3)cc1. The number of carbonyl (C=O) groups is 2. The summed E-state index contributed by atoms with van der Waals surface area (Å²) in [5.41, 5.74) is 7.10. The molecule has 2 aliphatic heterocycles. The first-order valence-corrected chi connectivity index (χ1v) is 12.0. The second-order valence-electron chi connectivity index (χ2n) is 10.6. The Balaban J connectivity index is 1.88. The van der Waals surface area contributed by atoms with Gasteiger partial charge in [-0.2, -0.15) is 0 Å². The van der Waals surface area contributed by atoms with Crippen LogP contribution in [0, 0.1) is 26.7 Å². The number of hydrogen-bond acceptors (Lipinski definition) is 4. The van der Waals surface area contributed by atoms with E-state index in [2.05, 4.69) is 0 Å². The largest absolute Gasteiger partial charge is 0.479 e. The number of amides is 1. The number of fused-ring (bicyclic) bond motifs is 1. The summed E-state index contributed by atoms with van der Waals surface area (Å²) in [5, 5.41) is 10.2. The molecule has 4 rings (SSSR count). The maximum absolute atomic E-state index is 13.2. The zero-order chi connectivity index (χ0) is 24.8. The van der Waals surface area contributed by atoms with Gasteiger partial charge >= 0.3 is 5.97 Å². The first-order chi connectivity index (χ1) is 16.0. The van der Waals surface area contributed by atoms with Gasteiger partial charge in [-0.25, -0.2) is 4.79 Å². The minimum atomic E-state index is -1.12. The summed E-state index contributed by atoms with van der Waals surface area (Å²) < 4.78 is 11.6. The van der Waals surface area contributed by atoms with Crippen LogP contribution in [0.25, 0.3) is 11.1 Å². The summed E-state index contributed by atoms with van der Waals surface area (Å²) in [4.78, 5) is 27.6. The minimum Gasteiger partial charge on any atom is -0.479 e. The summed E-state index contributed by atoms with van der Waals surface area (Å²) >= 11 is 0. The van der Waals surface area contributed by atoms with E-state index in [9.17, 15) is 14.7 Å². The van der Waals surface area contributed by atoms with Crippen molar-refractivity contribution in [3.63, 3.8) is 0 Å². The fourth-order valence-electron chi connectivity index (χ4n) is 5.17. The van der Waals surface area contributed by atoms with Gasteiger partial charge in [0, 0.05) is 25.3 Å². The molecule has 0 spiro atoms. The van der Waals surface area contributed by atoms with E-state index in [1.807, 2.05) is 70.7 Å². The number of benzene rings is 2. The number of rotatable bonds is 5. The van der Waals surface area contributed by atoms with Crippen molar-refractivity contribution in [2.75, 3.05) is 13.2 Å². The van der Waals surface area contributed by atoms with Crippen molar-refractivity contribution >= 4 is 11.9 Å². The summed E-state index contributed by atoms with van der Waals surface area (Å²) in [5.74, 6) is -0.992. The van der Waals surface area contributed by atoms with Gasteiger partial charge in [-0.15, -0.1) is 0 Å². The van der Waals surface area contributed by atoms with Crippen molar-refractivity contribution in [1.82, 2.24) is 4.90 Å². The van der Waals surface area contributed by atoms with Gasteiger partial charge in [-0.1, -0.05) is 29.8 Å². The number of aliphatic carboxylic acids is 1. The van der Waals surface area contributed by atoms with E-state index < -0.39 is 17.7 Å². The first-order valence-electron chi connectivity index (χ1n) is 12.0. The van der Waals surface area contributed by atoms with Crippen LogP contribution in [0.4, 0.5) is 0 Å². The highest BCUT2D eigenvalue weighted by atomic mass is 16.5. The van der Waals surface area contributed by atoms with Crippen molar-refractivity contribution < 1.29 is 24.2 Å². The molecule has 0 saturated carbocycles. The average Bonchev–Trinajstić information content (AvgIpc) is 3.45.